The molecule has 0 fully saturated rings. The molecule has 88 valence electrons. The molecule has 0 bridgehead atoms. The summed E-state index contributed by atoms with van der Waals surface area (Å²) in [6.45, 7) is 1.83. The van der Waals surface area contributed by atoms with Crippen LogP contribution in [0.2, 0.25) is 0 Å². The van der Waals surface area contributed by atoms with E-state index in [1.54, 1.807) is 19.3 Å². The van der Waals surface area contributed by atoms with Crippen LogP contribution in [0.5, 0.6) is 0 Å². The Morgan fingerprint density at radius 3 is 2.75 bits per heavy atom. The van der Waals surface area contributed by atoms with Gasteiger partial charge in [-0.2, -0.15) is 5.10 Å². The first-order chi connectivity index (χ1) is 7.52. The van der Waals surface area contributed by atoms with E-state index in [0.29, 0.717) is 12.1 Å². The molecular weight excluding hydrogens is 210 g/mol. The largest absolute Gasteiger partial charge is 0.481 e. The minimum atomic E-state index is -0.923. The minimum Gasteiger partial charge on any atom is -0.481 e. The van der Waals surface area contributed by atoms with Gasteiger partial charge in [0.25, 0.3) is 5.91 Å². The van der Waals surface area contributed by atoms with Crippen LogP contribution in [0.4, 0.5) is 0 Å². The number of carbonyl (C=O) groups is 2. The van der Waals surface area contributed by atoms with Crippen molar-refractivity contribution in [1.29, 1.82) is 0 Å². The van der Waals surface area contributed by atoms with Gasteiger partial charge < -0.3 is 10.4 Å². The summed E-state index contributed by atoms with van der Waals surface area (Å²) in [6.07, 6.45) is 2.16. The predicted octanol–water partition coefficient (Wildman–Crippen LogP) is 0.403. The van der Waals surface area contributed by atoms with Crippen molar-refractivity contribution in [2.45, 2.75) is 25.8 Å². The summed E-state index contributed by atoms with van der Waals surface area (Å²) in [5.74, 6) is -1.26. The lowest BCUT2D eigenvalue weighted by Gasteiger charge is -2.13. The highest BCUT2D eigenvalue weighted by atomic mass is 16.4. The maximum atomic E-state index is 11.6. The van der Waals surface area contributed by atoms with Crippen LogP contribution in [0.15, 0.2) is 12.3 Å². The highest BCUT2D eigenvalue weighted by Gasteiger charge is 2.16. The summed E-state index contributed by atoms with van der Waals surface area (Å²) < 4.78 is 1.52. The van der Waals surface area contributed by atoms with Gasteiger partial charge in [0, 0.05) is 19.3 Å². The van der Waals surface area contributed by atoms with E-state index in [4.69, 9.17) is 5.11 Å². The van der Waals surface area contributed by atoms with Crippen molar-refractivity contribution in [1.82, 2.24) is 15.1 Å². The second-order valence-corrected chi connectivity index (χ2v) is 3.55. The Kier molecular flexibility index (Phi) is 4.04. The number of hydrogen-bond donors (Lipinski definition) is 2. The molecule has 1 amide bonds. The van der Waals surface area contributed by atoms with Crippen molar-refractivity contribution < 1.29 is 14.7 Å². The fourth-order valence-electron chi connectivity index (χ4n) is 1.30. The number of amides is 1. The maximum absolute atomic E-state index is 11.6. The van der Waals surface area contributed by atoms with Crippen molar-refractivity contribution in [3.63, 3.8) is 0 Å². The first-order valence-electron chi connectivity index (χ1n) is 5.05. The van der Waals surface area contributed by atoms with E-state index in [9.17, 15) is 9.59 Å². The summed E-state index contributed by atoms with van der Waals surface area (Å²) >= 11 is 0. The van der Waals surface area contributed by atoms with E-state index in [-0.39, 0.29) is 18.4 Å². The summed E-state index contributed by atoms with van der Waals surface area (Å²) in [4.78, 5) is 22.1. The van der Waals surface area contributed by atoms with Crippen LogP contribution < -0.4 is 5.32 Å². The zero-order chi connectivity index (χ0) is 12.1. The number of aryl methyl sites for hydroxylation is 1. The molecule has 16 heavy (non-hydrogen) atoms. The molecule has 0 radical (unpaired) electrons. The molecule has 1 rings (SSSR count). The second-order valence-electron chi connectivity index (χ2n) is 3.55. The van der Waals surface area contributed by atoms with Crippen molar-refractivity contribution in [3.05, 3.63) is 18.0 Å². The SMILES string of the molecule is CCC(CC(=O)O)NC(=O)c1ccn(C)n1. The van der Waals surface area contributed by atoms with Gasteiger partial charge in [-0.1, -0.05) is 6.92 Å². The Bertz CT molecular complexity index is 386. The Morgan fingerprint density at radius 2 is 2.31 bits per heavy atom. The van der Waals surface area contributed by atoms with Crippen molar-refractivity contribution >= 4 is 11.9 Å². The average Bonchev–Trinajstić information content (AvgIpc) is 2.63. The van der Waals surface area contributed by atoms with Crippen LogP contribution in [0.1, 0.15) is 30.3 Å². The number of hydrogen-bond acceptors (Lipinski definition) is 3. The van der Waals surface area contributed by atoms with Gasteiger partial charge in [-0.15, -0.1) is 0 Å². The zero-order valence-electron chi connectivity index (χ0n) is 9.30. The number of rotatable bonds is 5. The predicted molar refractivity (Wildman–Crippen MR) is 57.0 cm³/mol. The van der Waals surface area contributed by atoms with Gasteiger partial charge in [-0.05, 0) is 12.5 Å². The molecule has 2 N–H and O–H groups in total. The van der Waals surface area contributed by atoms with E-state index in [1.165, 1.54) is 4.68 Å². The van der Waals surface area contributed by atoms with Gasteiger partial charge in [0.15, 0.2) is 0 Å². The molecule has 6 heteroatoms. The number of carboxylic acid groups (broad SMARTS) is 1. The second kappa shape index (κ2) is 5.29. The monoisotopic (exact) mass is 225 g/mol. The Morgan fingerprint density at radius 1 is 1.62 bits per heavy atom. The van der Waals surface area contributed by atoms with Crippen LogP contribution >= 0.6 is 0 Å². The zero-order valence-corrected chi connectivity index (χ0v) is 9.30. The minimum absolute atomic E-state index is 0.0743. The van der Waals surface area contributed by atoms with Crippen molar-refractivity contribution in [3.8, 4) is 0 Å². The summed E-state index contributed by atoms with van der Waals surface area (Å²) in [5.41, 5.74) is 0.298. The number of nitrogens with one attached hydrogen (secondary N) is 1. The lowest BCUT2D eigenvalue weighted by atomic mass is 10.1. The summed E-state index contributed by atoms with van der Waals surface area (Å²) in [5, 5.41) is 15.2. The molecule has 0 aliphatic rings. The summed E-state index contributed by atoms with van der Waals surface area (Å²) in [6, 6.07) is 1.23. The highest BCUT2D eigenvalue weighted by Crippen LogP contribution is 2.01. The third kappa shape index (κ3) is 3.38. The van der Waals surface area contributed by atoms with E-state index >= 15 is 0 Å². The van der Waals surface area contributed by atoms with Crippen molar-refractivity contribution in [2.24, 2.45) is 7.05 Å². The van der Waals surface area contributed by atoms with Crippen LogP contribution in [-0.4, -0.2) is 32.8 Å². The van der Waals surface area contributed by atoms with E-state index in [2.05, 4.69) is 10.4 Å². The van der Waals surface area contributed by atoms with Gasteiger partial charge in [-0.3, -0.25) is 14.3 Å². The Labute approximate surface area is 93.3 Å². The van der Waals surface area contributed by atoms with Crippen LogP contribution in [0, 0.1) is 0 Å². The molecule has 6 nitrogen and oxygen atoms in total. The molecule has 0 aliphatic carbocycles. The first kappa shape index (κ1) is 12.2. The van der Waals surface area contributed by atoms with Gasteiger partial charge in [-0.25, -0.2) is 0 Å². The maximum Gasteiger partial charge on any atom is 0.305 e. The first-order valence-corrected chi connectivity index (χ1v) is 5.05. The van der Waals surface area contributed by atoms with E-state index in [0.717, 1.165) is 0 Å². The molecule has 1 unspecified atom stereocenters. The summed E-state index contributed by atoms with van der Waals surface area (Å²) in [7, 11) is 1.71. The van der Waals surface area contributed by atoms with Crippen molar-refractivity contribution in [2.75, 3.05) is 0 Å². The van der Waals surface area contributed by atoms with E-state index in [1.807, 2.05) is 6.92 Å². The molecule has 1 aromatic rings. The molecular formula is C10H15N3O3. The fourth-order valence-corrected chi connectivity index (χ4v) is 1.30. The third-order valence-electron chi connectivity index (χ3n) is 2.20. The smallest absolute Gasteiger partial charge is 0.305 e. The molecule has 0 saturated heterocycles. The molecule has 0 aliphatic heterocycles. The Hall–Kier alpha value is -1.85. The third-order valence-corrected chi connectivity index (χ3v) is 2.20. The van der Waals surface area contributed by atoms with Crippen LogP contribution in [-0.2, 0) is 11.8 Å². The standard InChI is InChI=1S/C10H15N3O3/c1-3-7(6-9(14)15)11-10(16)8-4-5-13(2)12-8/h4-5,7H,3,6H2,1-2H3,(H,11,16)(H,14,15). The molecule has 1 atom stereocenters. The lowest BCUT2D eigenvalue weighted by Crippen LogP contribution is -2.36. The van der Waals surface area contributed by atoms with Gasteiger partial charge in [0.05, 0.1) is 6.42 Å². The number of aromatic nitrogens is 2. The molecule has 0 aromatic carbocycles. The number of carboxylic acids is 1. The van der Waals surface area contributed by atoms with Crippen LogP contribution in [0.25, 0.3) is 0 Å². The van der Waals surface area contributed by atoms with Gasteiger partial charge in [0.2, 0.25) is 0 Å². The molecule has 0 saturated carbocycles. The number of carbonyl (C=O) groups excluding carboxylic acids is 1. The van der Waals surface area contributed by atoms with Crippen LogP contribution in [0.3, 0.4) is 0 Å². The number of nitrogens with zero attached hydrogens (tertiary/aromatic N) is 2. The fraction of sp³-hybridized carbons (Fsp3) is 0.500. The average molecular weight is 225 g/mol. The Balaban J connectivity index is 2.58. The van der Waals surface area contributed by atoms with E-state index < -0.39 is 5.97 Å². The quantitative estimate of drug-likeness (QED) is 0.759. The highest BCUT2D eigenvalue weighted by molar-refractivity contribution is 5.92. The lowest BCUT2D eigenvalue weighted by molar-refractivity contribution is -0.137. The molecule has 1 heterocycles. The normalized spacial score (nSPS) is 12.1. The van der Waals surface area contributed by atoms with Gasteiger partial charge >= 0.3 is 5.97 Å². The topological polar surface area (TPSA) is 84.2 Å². The number of aliphatic carboxylic acids is 1. The molecule has 1 aromatic heterocycles. The van der Waals surface area contributed by atoms with Gasteiger partial charge in [0.1, 0.15) is 5.69 Å². The molecule has 0 spiro atoms.